The summed E-state index contributed by atoms with van der Waals surface area (Å²) < 4.78 is 0. The lowest BCUT2D eigenvalue weighted by atomic mass is 9.71. The molecule has 2 atom stereocenters. The van der Waals surface area contributed by atoms with Gasteiger partial charge < -0.3 is 10.0 Å². The number of nitrogens with zero attached hydrogens (tertiary/aromatic N) is 1. The van der Waals surface area contributed by atoms with Crippen LogP contribution in [0.3, 0.4) is 0 Å². The van der Waals surface area contributed by atoms with E-state index >= 15 is 0 Å². The molecule has 0 spiro atoms. The van der Waals surface area contributed by atoms with Crippen molar-refractivity contribution in [3.05, 3.63) is 0 Å². The first-order valence-electron chi connectivity index (χ1n) is 5.77. The van der Waals surface area contributed by atoms with Crippen LogP contribution in [0.25, 0.3) is 0 Å². The summed E-state index contributed by atoms with van der Waals surface area (Å²) >= 11 is 4.01. The molecule has 4 heteroatoms. The molecule has 0 aromatic heterocycles. The number of piperidine rings is 1. The highest BCUT2D eigenvalue weighted by atomic mass is 32.1. The number of hydrogen-bond acceptors (Lipinski definition) is 3. The normalized spacial score (nSPS) is 36.1. The van der Waals surface area contributed by atoms with E-state index < -0.39 is 5.60 Å². The van der Waals surface area contributed by atoms with Gasteiger partial charge >= 0.3 is 0 Å². The molecule has 1 saturated heterocycles. The molecule has 3 nitrogen and oxygen atoms in total. The molecule has 1 aliphatic heterocycles. The van der Waals surface area contributed by atoms with Crippen molar-refractivity contribution in [3.63, 3.8) is 0 Å². The van der Waals surface area contributed by atoms with Crippen molar-refractivity contribution in [2.45, 2.75) is 37.7 Å². The minimum atomic E-state index is -0.481. The first-order valence-corrected chi connectivity index (χ1v) is 6.40. The van der Waals surface area contributed by atoms with Crippen molar-refractivity contribution >= 4 is 18.5 Å². The fourth-order valence-electron chi connectivity index (χ4n) is 2.90. The molecule has 1 saturated carbocycles. The van der Waals surface area contributed by atoms with E-state index in [1.807, 2.05) is 4.90 Å². The average molecular weight is 229 g/mol. The van der Waals surface area contributed by atoms with E-state index in [4.69, 9.17) is 0 Å². The summed E-state index contributed by atoms with van der Waals surface area (Å²) in [7, 11) is 0. The van der Waals surface area contributed by atoms with E-state index in [1.165, 1.54) is 6.42 Å². The van der Waals surface area contributed by atoms with Crippen LogP contribution in [0.1, 0.15) is 32.1 Å². The summed E-state index contributed by atoms with van der Waals surface area (Å²) in [5.74, 6) is 0.681. The first kappa shape index (κ1) is 11.3. The number of likely N-dealkylation sites (tertiary alicyclic amines) is 1. The molecule has 0 bridgehead atoms. The molecule has 86 valence electrons. The topological polar surface area (TPSA) is 40.5 Å². The number of hydrogen-bond donors (Lipinski definition) is 2. The number of fused-ring (bicyclic) bond motifs is 1. The third kappa shape index (κ3) is 2.16. The fraction of sp³-hybridized carbons (Fsp3) is 0.909. The Bertz CT molecular complexity index is 259. The zero-order valence-corrected chi connectivity index (χ0v) is 9.88. The average Bonchev–Trinajstić information content (AvgIpc) is 2.26. The van der Waals surface area contributed by atoms with Gasteiger partial charge in [-0.3, -0.25) is 4.79 Å². The number of carbonyl (C=O) groups excluding carboxylic acids is 1. The van der Waals surface area contributed by atoms with Gasteiger partial charge in [-0.15, -0.1) is 0 Å². The second kappa shape index (κ2) is 4.34. The van der Waals surface area contributed by atoms with Crippen molar-refractivity contribution < 1.29 is 9.90 Å². The third-order valence-corrected chi connectivity index (χ3v) is 4.19. The minimum absolute atomic E-state index is 0.103. The Morgan fingerprint density at radius 2 is 2.27 bits per heavy atom. The van der Waals surface area contributed by atoms with Gasteiger partial charge in [0.15, 0.2) is 0 Å². The van der Waals surface area contributed by atoms with E-state index in [0.29, 0.717) is 12.5 Å². The van der Waals surface area contributed by atoms with E-state index in [2.05, 4.69) is 12.6 Å². The van der Waals surface area contributed by atoms with Crippen molar-refractivity contribution in [1.29, 1.82) is 0 Å². The third-order valence-electron chi connectivity index (χ3n) is 3.92. The summed E-state index contributed by atoms with van der Waals surface area (Å²) in [6, 6.07) is 0. The predicted molar refractivity (Wildman–Crippen MR) is 62.0 cm³/mol. The maximum atomic E-state index is 11.5. The number of rotatable bonds is 1. The minimum Gasteiger partial charge on any atom is -0.389 e. The molecular formula is C11H19NO2S. The zero-order valence-electron chi connectivity index (χ0n) is 8.98. The van der Waals surface area contributed by atoms with Gasteiger partial charge in [-0.2, -0.15) is 12.6 Å². The number of thiol groups is 1. The Morgan fingerprint density at radius 3 is 3.00 bits per heavy atom. The highest BCUT2D eigenvalue weighted by molar-refractivity contribution is 7.81. The van der Waals surface area contributed by atoms with Crippen LogP contribution in [-0.4, -0.2) is 40.4 Å². The van der Waals surface area contributed by atoms with Gasteiger partial charge in [0.1, 0.15) is 0 Å². The SMILES string of the molecule is O=C(CS)N1CCC2(O)CCCCC2C1. The van der Waals surface area contributed by atoms with Crippen LogP contribution in [0, 0.1) is 5.92 Å². The predicted octanol–water partition coefficient (Wildman–Crippen LogP) is 1.07. The van der Waals surface area contributed by atoms with Crippen LogP contribution in [0.5, 0.6) is 0 Å². The molecule has 1 heterocycles. The smallest absolute Gasteiger partial charge is 0.232 e. The number of carbonyl (C=O) groups is 1. The van der Waals surface area contributed by atoms with Gasteiger partial charge in [0.05, 0.1) is 11.4 Å². The second-order valence-corrected chi connectivity index (χ2v) is 5.11. The summed E-state index contributed by atoms with van der Waals surface area (Å²) in [5.41, 5.74) is -0.481. The lowest BCUT2D eigenvalue weighted by Gasteiger charge is -2.47. The Kier molecular flexibility index (Phi) is 3.26. The number of aliphatic hydroxyl groups is 1. The zero-order chi connectivity index (χ0) is 10.9. The molecule has 1 N–H and O–H groups in total. The molecule has 2 unspecified atom stereocenters. The highest BCUT2D eigenvalue weighted by Gasteiger charge is 2.43. The van der Waals surface area contributed by atoms with Crippen LogP contribution in [0.2, 0.25) is 0 Å². The molecule has 2 aliphatic rings. The van der Waals surface area contributed by atoms with Crippen LogP contribution in [-0.2, 0) is 4.79 Å². The van der Waals surface area contributed by atoms with Crippen LogP contribution < -0.4 is 0 Å². The van der Waals surface area contributed by atoms with Crippen LogP contribution in [0.15, 0.2) is 0 Å². The second-order valence-electron chi connectivity index (χ2n) is 4.79. The largest absolute Gasteiger partial charge is 0.389 e. The lowest BCUT2D eigenvalue weighted by molar-refractivity contribution is -0.140. The van der Waals surface area contributed by atoms with Gasteiger partial charge in [-0.25, -0.2) is 0 Å². The van der Waals surface area contributed by atoms with E-state index in [9.17, 15) is 9.90 Å². The lowest BCUT2D eigenvalue weighted by Crippen LogP contribution is -2.54. The molecule has 0 radical (unpaired) electrons. The van der Waals surface area contributed by atoms with Crippen LogP contribution >= 0.6 is 12.6 Å². The Morgan fingerprint density at radius 1 is 1.47 bits per heavy atom. The maximum Gasteiger partial charge on any atom is 0.232 e. The molecule has 15 heavy (non-hydrogen) atoms. The fourth-order valence-corrected chi connectivity index (χ4v) is 3.10. The first-order chi connectivity index (χ1) is 7.15. The van der Waals surface area contributed by atoms with Gasteiger partial charge in [0.25, 0.3) is 0 Å². The molecular weight excluding hydrogens is 210 g/mol. The summed E-state index contributed by atoms with van der Waals surface area (Å²) in [6.07, 6.45) is 5.05. The van der Waals surface area contributed by atoms with Crippen molar-refractivity contribution in [3.8, 4) is 0 Å². The van der Waals surface area contributed by atoms with Crippen molar-refractivity contribution in [1.82, 2.24) is 4.90 Å². The number of amides is 1. The molecule has 2 rings (SSSR count). The van der Waals surface area contributed by atoms with Crippen LogP contribution in [0.4, 0.5) is 0 Å². The maximum absolute atomic E-state index is 11.5. The monoisotopic (exact) mass is 229 g/mol. The molecule has 1 aliphatic carbocycles. The quantitative estimate of drug-likeness (QED) is 0.660. The summed E-state index contributed by atoms with van der Waals surface area (Å²) in [4.78, 5) is 13.4. The van der Waals surface area contributed by atoms with E-state index in [1.54, 1.807) is 0 Å². The standard InChI is InChI=1S/C11H19NO2S/c13-10(8-15)12-6-5-11(14)4-2-1-3-9(11)7-12/h9,14-15H,1-8H2. The summed E-state index contributed by atoms with van der Waals surface area (Å²) in [5, 5.41) is 10.4. The van der Waals surface area contributed by atoms with Crippen molar-refractivity contribution in [2.75, 3.05) is 18.8 Å². The molecule has 0 aromatic rings. The van der Waals surface area contributed by atoms with E-state index in [-0.39, 0.29) is 11.7 Å². The Balaban J connectivity index is 2.02. The summed E-state index contributed by atoms with van der Waals surface area (Å²) in [6.45, 7) is 1.43. The Labute approximate surface area is 96.2 Å². The molecule has 0 aromatic carbocycles. The highest BCUT2D eigenvalue weighted by Crippen LogP contribution is 2.39. The van der Waals surface area contributed by atoms with Gasteiger partial charge in [-0.1, -0.05) is 12.8 Å². The van der Waals surface area contributed by atoms with Gasteiger partial charge in [0.2, 0.25) is 5.91 Å². The van der Waals surface area contributed by atoms with Crippen molar-refractivity contribution in [2.24, 2.45) is 5.92 Å². The molecule has 1 amide bonds. The Hall–Kier alpha value is -0.220. The molecule has 2 fully saturated rings. The van der Waals surface area contributed by atoms with Gasteiger partial charge in [-0.05, 0) is 19.3 Å². The van der Waals surface area contributed by atoms with E-state index in [0.717, 1.165) is 32.2 Å². The van der Waals surface area contributed by atoms with Gasteiger partial charge in [0, 0.05) is 19.0 Å².